The number of rotatable bonds is 5. The van der Waals surface area contributed by atoms with Gasteiger partial charge < -0.3 is 10.1 Å². The third-order valence-corrected chi connectivity index (χ3v) is 4.53. The number of fused-ring (bicyclic) bond motifs is 1. The van der Waals surface area contributed by atoms with Crippen LogP contribution in [0.4, 0.5) is 5.82 Å². The second-order valence-electron chi connectivity index (χ2n) is 5.59. The van der Waals surface area contributed by atoms with E-state index in [1.807, 2.05) is 30.3 Å². The maximum absolute atomic E-state index is 6.21. The van der Waals surface area contributed by atoms with Gasteiger partial charge in [0, 0.05) is 22.0 Å². The van der Waals surface area contributed by atoms with E-state index >= 15 is 0 Å². The Morgan fingerprint density at radius 2 is 1.96 bits per heavy atom. The van der Waals surface area contributed by atoms with Crippen molar-refractivity contribution in [1.82, 2.24) is 4.98 Å². The highest BCUT2D eigenvalue weighted by molar-refractivity contribution is 6.35. The van der Waals surface area contributed by atoms with Gasteiger partial charge in [-0.25, -0.2) is 4.98 Å². The number of nitrogens with zero attached hydrogens (tertiary/aromatic N) is 1. The zero-order valence-corrected chi connectivity index (χ0v) is 15.1. The van der Waals surface area contributed by atoms with Crippen LogP contribution in [0.25, 0.3) is 10.9 Å². The van der Waals surface area contributed by atoms with Crippen molar-refractivity contribution in [1.29, 1.82) is 0 Å². The van der Waals surface area contributed by atoms with Gasteiger partial charge in [-0.3, -0.25) is 0 Å². The fraction of sp³-hybridized carbons (Fsp3) is 0.211. The molecular weight excluding hydrogens is 343 g/mol. The smallest absolute Gasteiger partial charge is 0.145 e. The van der Waals surface area contributed by atoms with Gasteiger partial charge in [0.15, 0.2) is 0 Å². The van der Waals surface area contributed by atoms with Crippen LogP contribution in [-0.4, -0.2) is 18.6 Å². The number of aromatic nitrogens is 1. The van der Waals surface area contributed by atoms with Gasteiger partial charge in [0.1, 0.15) is 17.1 Å². The molecule has 2 aromatic carbocycles. The van der Waals surface area contributed by atoms with Crippen molar-refractivity contribution in [3.8, 4) is 5.75 Å². The number of methoxy groups -OCH3 is 1. The van der Waals surface area contributed by atoms with E-state index in [0.29, 0.717) is 10.0 Å². The summed E-state index contributed by atoms with van der Waals surface area (Å²) in [6, 6.07) is 13.6. The summed E-state index contributed by atoms with van der Waals surface area (Å²) < 4.78 is 5.42. The number of aryl methyl sites for hydroxylation is 1. The minimum atomic E-state index is 0.649. The summed E-state index contributed by atoms with van der Waals surface area (Å²) in [7, 11) is 1.66. The maximum Gasteiger partial charge on any atom is 0.145 e. The molecule has 0 unspecified atom stereocenters. The fourth-order valence-corrected chi connectivity index (χ4v) is 3.20. The Morgan fingerprint density at radius 3 is 2.71 bits per heavy atom. The predicted molar refractivity (Wildman–Crippen MR) is 102 cm³/mol. The van der Waals surface area contributed by atoms with Crippen molar-refractivity contribution in [2.24, 2.45) is 0 Å². The van der Waals surface area contributed by atoms with E-state index in [1.165, 1.54) is 0 Å². The minimum Gasteiger partial charge on any atom is -0.494 e. The maximum atomic E-state index is 6.21. The fourth-order valence-electron chi connectivity index (χ4n) is 2.70. The van der Waals surface area contributed by atoms with Crippen LogP contribution in [0.1, 0.15) is 11.1 Å². The number of halogens is 2. The quantitative estimate of drug-likeness (QED) is 0.650. The molecular formula is C19H18Cl2N2O. The Kier molecular flexibility index (Phi) is 5.12. The molecule has 0 saturated carbocycles. The normalized spacial score (nSPS) is 10.8. The van der Waals surface area contributed by atoms with Crippen LogP contribution < -0.4 is 10.1 Å². The second-order valence-corrected chi connectivity index (χ2v) is 6.44. The van der Waals surface area contributed by atoms with Gasteiger partial charge in [-0.05, 0) is 48.7 Å². The molecule has 1 heterocycles. The largest absolute Gasteiger partial charge is 0.494 e. The lowest BCUT2D eigenvalue weighted by molar-refractivity contribution is 0.419. The standard InChI is InChI=1S/C19H18Cl2N2O/c1-12-10-18(23-19-15(12)4-3-5-17(19)24-2)22-9-8-13-6-7-14(20)11-16(13)21/h3-7,10-11H,8-9H2,1-2H3,(H,22,23). The third-order valence-electron chi connectivity index (χ3n) is 3.94. The predicted octanol–water partition coefficient (Wildman–Crippen LogP) is 5.51. The van der Waals surface area contributed by atoms with E-state index in [1.54, 1.807) is 13.2 Å². The van der Waals surface area contributed by atoms with E-state index in [-0.39, 0.29) is 0 Å². The number of hydrogen-bond acceptors (Lipinski definition) is 3. The molecule has 0 radical (unpaired) electrons. The van der Waals surface area contributed by atoms with Crippen molar-refractivity contribution in [2.75, 3.05) is 19.0 Å². The summed E-state index contributed by atoms with van der Waals surface area (Å²) >= 11 is 12.1. The van der Waals surface area contributed by atoms with Crippen LogP contribution in [0.2, 0.25) is 10.0 Å². The Labute approximate surface area is 151 Å². The molecule has 0 aliphatic carbocycles. The Bertz CT molecular complexity index is 881. The number of benzene rings is 2. The molecule has 0 bridgehead atoms. The highest BCUT2D eigenvalue weighted by Crippen LogP contribution is 2.28. The van der Waals surface area contributed by atoms with Crippen LogP contribution >= 0.6 is 23.2 Å². The molecule has 0 saturated heterocycles. The SMILES string of the molecule is COc1cccc2c(C)cc(NCCc3ccc(Cl)cc3Cl)nc12. The molecule has 3 nitrogen and oxygen atoms in total. The van der Waals surface area contributed by atoms with Crippen LogP contribution in [-0.2, 0) is 6.42 Å². The summed E-state index contributed by atoms with van der Waals surface area (Å²) in [4.78, 5) is 4.68. The molecule has 0 spiro atoms. The monoisotopic (exact) mass is 360 g/mol. The van der Waals surface area contributed by atoms with Gasteiger partial charge in [0.05, 0.1) is 7.11 Å². The zero-order valence-electron chi connectivity index (χ0n) is 13.6. The van der Waals surface area contributed by atoms with Crippen molar-refractivity contribution >= 4 is 39.9 Å². The van der Waals surface area contributed by atoms with E-state index in [0.717, 1.165) is 46.6 Å². The number of hydrogen-bond donors (Lipinski definition) is 1. The lowest BCUT2D eigenvalue weighted by atomic mass is 10.1. The van der Waals surface area contributed by atoms with E-state index < -0.39 is 0 Å². The highest BCUT2D eigenvalue weighted by Gasteiger charge is 2.08. The highest BCUT2D eigenvalue weighted by atomic mass is 35.5. The molecule has 1 N–H and O–H groups in total. The first-order chi connectivity index (χ1) is 11.6. The van der Waals surface area contributed by atoms with Gasteiger partial charge in [0.2, 0.25) is 0 Å². The molecule has 0 amide bonds. The van der Waals surface area contributed by atoms with Gasteiger partial charge >= 0.3 is 0 Å². The van der Waals surface area contributed by atoms with Crippen molar-refractivity contribution in [2.45, 2.75) is 13.3 Å². The average Bonchev–Trinajstić information content (AvgIpc) is 2.56. The summed E-state index contributed by atoms with van der Waals surface area (Å²) in [5.74, 6) is 1.61. The Balaban J connectivity index is 1.78. The molecule has 5 heteroatoms. The molecule has 0 fully saturated rings. The zero-order chi connectivity index (χ0) is 17.1. The molecule has 3 aromatic rings. The third kappa shape index (κ3) is 3.58. The van der Waals surface area contributed by atoms with E-state index in [2.05, 4.69) is 23.3 Å². The van der Waals surface area contributed by atoms with Crippen molar-refractivity contribution < 1.29 is 4.74 Å². The van der Waals surface area contributed by atoms with Crippen LogP contribution in [0.5, 0.6) is 5.75 Å². The first-order valence-electron chi connectivity index (χ1n) is 7.70. The number of anilines is 1. The summed E-state index contributed by atoms with van der Waals surface area (Å²) in [5.41, 5.74) is 3.08. The average molecular weight is 361 g/mol. The van der Waals surface area contributed by atoms with Gasteiger partial charge in [-0.1, -0.05) is 41.4 Å². The molecule has 0 aliphatic heterocycles. The number of para-hydroxylation sites is 1. The summed E-state index contributed by atoms with van der Waals surface area (Å²) in [6.45, 7) is 2.80. The first-order valence-corrected chi connectivity index (χ1v) is 8.46. The van der Waals surface area contributed by atoms with E-state index in [9.17, 15) is 0 Å². The van der Waals surface area contributed by atoms with Gasteiger partial charge in [-0.15, -0.1) is 0 Å². The van der Waals surface area contributed by atoms with Crippen LogP contribution in [0.3, 0.4) is 0 Å². The van der Waals surface area contributed by atoms with E-state index in [4.69, 9.17) is 27.9 Å². The number of ether oxygens (including phenoxy) is 1. The molecule has 0 aliphatic rings. The molecule has 3 rings (SSSR count). The summed E-state index contributed by atoms with van der Waals surface area (Å²) in [6.07, 6.45) is 0.792. The number of pyridine rings is 1. The second kappa shape index (κ2) is 7.29. The lowest BCUT2D eigenvalue weighted by Gasteiger charge is -2.11. The topological polar surface area (TPSA) is 34.1 Å². The van der Waals surface area contributed by atoms with Crippen LogP contribution in [0.15, 0.2) is 42.5 Å². The van der Waals surface area contributed by atoms with Gasteiger partial charge in [-0.2, -0.15) is 0 Å². The Morgan fingerprint density at radius 1 is 1.12 bits per heavy atom. The van der Waals surface area contributed by atoms with Crippen molar-refractivity contribution in [3.05, 3.63) is 63.6 Å². The molecule has 24 heavy (non-hydrogen) atoms. The lowest BCUT2D eigenvalue weighted by Crippen LogP contribution is -2.07. The minimum absolute atomic E-state index is 0.649. The Hall–Kier alpha value is -1.97. The van der Waals surface area contributed by atoms with Gasteiger partial charge in [0.25, 0.3) is 0 Å². The van der Waals surface area contributed by atoms with Crippen LogP contribution in [0, 0.1) is 6.92 Å². The molecule has 124 valence electrons. The first kappa shape index (κ1) is 16.9. The summed E-state index contributed by atoms with van der Waals surface area (Å²) in [5, 5.41) is 5.80. The number of nitrogens with one attached hydrogen (secondary N) is 1. The molecule has 0 atom stereocenters. The van der Waals surface area contributed by atoms with Crippen molar-refractivity contribution in [3.63, 3.8) is 0 Å². The molecule has 1 aromatic heterocycles.